The van der Waals surface area contributed by atoms with Gasteiger partial charge in [0.2, 0.25) is 0 Å². The molecule has 1 aromatic rings. The molecule has 0 aliphatic carbocycles. The molecule has 0 aromatic heterocycles. The number of nitrogens with one attached hydrogen (secondary N) is 1. The second-order valence-electron chi connectivity index (χ2n) is 7.65. The van der Waals surface area contributed by atoms with Crippen LogP contribution in [0, 0.1) is 5.41 Å². The first-order chi connectivity index (χ1) is 10.4. The van der Waals surface area contributed by atoms with Gasteiger partial charge in [0, 0.05) is 25.3 Å². The van der Waals surface area contributed by atoms with Gasteiger partial charge in [0.1, 0.15) is 5.60 Å². The summed E-state index contributed by atoms with van der Waals surface area (Å²) in [5, 5.41) is 3.57. The monoisotopic (exact) mass is 302 g/mol. The summed E-state index contributed by atoms with van der Waals surface area (Å²) in [7, 11) is 0. The Bertz CT molecular complexity index is 554. The van der Waals surface area contributed by atoms with Gasteiger partial charge in [-0.15, -0.1) is 0 Å². The van der Waals surface area contributed by atoms with Gasteiger partial charge in [0.15, 0.2) is 0 Å². The van der Waals surface area contributed by atoms with Crippen LogP contribution >= 0.6 is 0 Å². The fourth-order valence-corrected chi connectivity index (χ4v) is 3.44. The maximum atomic E-state index is 12.2. The van der Waals surface area contributed by atoms with Crippen molar-refractivity contribution in [1.29, 1.82) is 0 Å². The normalized spacial score (nSPS) is 20.2. The van der Waals surface area contributed by atoms with E-state index >= 15 is 0 Å². The molecule has 3 rings (SSSR count). The number of fused-ring (bicyclic) bond motifs is 1. The molecule has 1 N–H and O–H groups in total. The van der Waals surface area contributed by atoms with Crippen molar-refractivity contribution < 1.29 is 9.53 Å². The number of likely N-dealkylation sites (tertiary alicyclic amines) is 1. The van der Waals surface area contributed by atoms with Gasteiger partial charge in [0.05, 0.1) is 0 Å². The van der Waals surface area contributed by atoms with E-state index in [0.717, 1.165) is 38.9 Å². The first-order valence-corrected chi connectivity index (χ1v) is 8.17. The Morgan fingerprint density at radius 2 is 1.91 bits per heavy atom. The minimum Gasteiger partial charge on any atom is -0.444 e. The molecule has 4 heteroatoms. The molecule has 1 amide bonds. The van der Waals surface area contributed by atoms with Crippen molar-refractivity contribution in [3.05, 3.63) is 29.8 Å². The van der Waals surface area contributed by atoms with Crippen molar-refractivity contribution in [1.82, 2.24) is 4.90 Å². The standard InChI is InChI=1S/C18H26N2O2/c1-17(2,3)22-16(21)20-10-8-18(9-11-20)12-14-6-4-5-7-15(14)19-13-18/h4-7,19H,8-13H2,1-3H3. The molecule has 1 aromatic carbocycles. The maximum absolute atomic E-state index is 12.2. The molecule has 1 saturated heterocycles. The molecular weight excluding hydrogens is 276 g/mol. The minimum atomic E-state index is -0.419. The molecule has 0 unspecified atom stereocenters. The average molecular weight is 302 g/mol. The Balaban J connectivity index is 1.62. The predicted molar refractivity (Wildman–Crippen MR) is 88.1 cm³/mol. The molecular formula is C18H26N2O2. The van der Waals surface area contributed by atoms with Gasteiger partial charge >= 0.3 is 6.09 Å². The van der Waals surface area contributed by atoms with E-state index in [-0.39, 0.29) is 11.5 Å². The summed E-state index contributed by atoms with van der Waals surface area (Å²) in [4.78, 5) is 14.0. The lowest BCUT2D eigenvalue weighted by molar-refractivity contribution is 0.0110. The first-order valence-electron chi connectivity index (χ1n) is 8.17. The Morgan fingerprint density at radius 1 is 1.23 bits per heavy atom. The lowest BCUT2D eigenvalue weighted by Gasteiger charge is -2.45. The Labute approximate surface area is 132 Å². The summed E-state index contributed by atoms with van der Waals surface area (Å²) >= 11 is 0. The summed E-state index contributed by atoms with van der Waals surface area (Å²) in [5.74, 6) is 0. The third kappa shape index (κ3) is 3.21. The molecule has 2 heterocycles. The van der Waals surface area contributed by atoms with Gasteiger partial charge in [0.25, 0.3) is 0 Å². The SMILES string of the molecule is CC(C)(C)OC(=O)N1CCC2(CC1)CNc1ccccc1C2. The molecule has 2 aliphatic rings. The quantitative estimate of drug-likeness (QED) is 0.795. The molecule has 1 spiro atoms. The van der Waals surface area contributed by atoms with Crippen LogP contribution in [0.15, 0.2) is 24.3 Å². The summed E-state index contributed by atoms with van der Waals surface area (Å²) < 4.78 is 5.48. The highest BCUT2D eigenvalue weighted by molar-refractivity contribution is 5.68. The largest absolute Gasteiger partial charge is 0.444 e. The highest BCUT2D eigenvalue weighted by atomic mass is 16.6. The number of anilines is 1. The Morgan fingerprint density at radius 3 is 2.59 bits per heavy atom. The maximum Gasteiger partial charge on any atom is 0.410 e. The molecule has 0 atom stereocenters. The van der Waals surface area contributed by atoms with Gasteiger partial charge < -0.3 is 15.0 Å². The number of piperidine rings is 1. The number of carbonyl (C=O) groups is 1. The molecule has 0 bridgehead atoms. The number of amides is 1. The van der Waals surface area contributed by atoms with Crippen LogP contribution in [0.3, 0.4) is 0 Å². The van der Waals surface area contributed by atoms with Crippen molar-refractivity contribution in [2.45, 2.75) is 45.6 Å². The van der Waals surface area contributed by atoms with Crippen LogP contribution < -0.4 is 5.32 Å². The van der Waals surface area contributed by atoms with E-state index in [1.54, 1.807) is 0 Å². The number of hydrogen-bond donors (Lipinski definition) is 1. The fraction of sp³-hybridized carbons (Fsp3) is 0.611. The lowest BCUT2D eigenvalue weighted by atomic mass is 9.71. The number of hydrogen-bond acceptors (Lipinski definition) is 3. The summed E-state index contributed by atoms with van der Waals surface area (Å²) in [6.45, 7) is 8.33. The third-order valence-electron chi connectivity index (χ3n) is 4.71. The summed E-state index contributed by atoms with van der Waals surface area (Å²) in [6, 6.07) is 8.55. The third-order valence-corrected chi connectivity index (χ3v) is 4.71. The van der Waals surface area contributed by atoms with Gasteiger partial charge in [-0.25, -0.2) is 4.79 Å². The van der Waals surface area contributed by atoms with E-state index in [9.17, 15) is 4.79 Å². The number of para-hydroxylation sites is 1. The second kappa shape index (κ2) is 5.49. The van der Waals surface area contributed by atoms with Crippen LogP contribution in [0.4, 0.5) is 10.5 Å². The van der Waals surface area contributed by atoms with Crippen LogP contribution in [-0.4, -0.2) is 36.2 Å². The van der Waals surface area contributed by atoms with Gasteiger partial charge in [-0.1, -0.05) is 18.2 Å². The fourth-order valence-electron chi connectivity index (χ4n) is 3.44. The molecule has 0 saturated carbocycles. The predicted octanol–water partition coefficient (Wildman–Crippen LogP) is 3.67. The highest BCUT2D eigenvalue weighted by Crippen LogP contribution is 2.40. The number of ether oxygens (including phenoxy) is 1. The van der Waals surface area contributed by atoms with Crippen molar-refractivity contribution >= 4 is 11.8 Å². The topological polar surface area (TPSA) is 41.6 Å². The zero-order valence-electron chi connectivity index (χ0n) is 13.8. The zero-order chi connectivity index (χ0) is 15.8. The molecule has 22 heavy (non-hydrogen) atoms. The highest BCUT2D eigenvalue weighted by Gasteiger charge is 2.39. The Hall–Kier alpha value is -1.71. The van der Waals surface area contributed by atoms with E-state index < -0.39 is 5.60 Å². The summed E-state index contributed by atoms with van der Waals surface area (Å²) in [5.41, 5.74) is 2.53. The van der Waals surface area contributed by atoms with Crippen molar-refractivity contribution in [3.63, 3.8) is 0 Å². The van der Waals surface area contributed by atoms with Crippen molar-refractivity contribution in [2.75, 3.05) is 25.0 Å². The number of rotatable bonds is 0. The smallest absolute Gasteiger partial charge is 0.410 e. The van der Waals surface area contributed by atoms with Crippen LogP contribution in [0.5, 0.6) is 0 Å². The minimum absolute atomic E-state index is 0.175. The van der Waals surface area contributed by atoms with Gasteiger partial charge in [-0.3, -0.25) is 0 Å². The van der Waals surface area contributed by atoms with Crippen molar-refractivity contribution in [3.8, 4) is 0 Å². The average Bonchev–Trinajstić information content (AvgIpc) is 2.46. The van der Waals surface area contributed by atoms with E-state index in [4.69, 9.17) is 4.74 Å². The van der Waals surface area contributed by atoms with Crippen molar-refractivity contribution in [2.24, 2.45) is 5.41 Å². The molecule has 0 radical (unpaired) electrons. The molecule has 120 valence electrons. The first kappa shape index (κ1) is 15.2. The van der Waals surface area contributed by atoms with E-state index in [1.165, 1.54) is 11.3 Å². The molecule has 4 nitrogen and oxygen atoms in total. The van der Waals surface area contributed by atoms with Crippen LogP contribution in [0.1, 0.15) is 39.2 Å². The Kier molecular flexibility index (Phi) is 3.79. The molecule has 1 fully saturated rings. The zero-order valence-corrected chi connectivity index (χ0v) is 13.8. The number of nitrogens with zero attached hydrogens (tertiary/aromatic N) is 1. The lowest BCUT2D eigenvalue weighted by Crippen LogP contribution is -2.49. The molecule has 2 aliphatic heterocycles. The van der Waals surface area contributed by atoms with Crippen LogP contribution in [0.2, 0.25) is 0 Å². The van der Waals surface area contributed by atoms with E-state index in [2.05, 4.69) is 29.6 Å². The number of carbonyl (C=O) groups excluding carboxylic acids is 1. The van der Waals surface area contributed by atoms with Gasteiger partial charge in [-0.2, -0.15) is 0 Å². The van der Waals surface area contributed by atoms with Crippen LogP contribution in [0.25, 0.3) is 0 Å². The second-order valence-corrected chi connectivity index (χ2v) is 7.65. The van der Waals surface area contributed by atoms with Crippen LogP contribution in [-0.2, 0) is 11.2 Å². The number of benzene rings is 1. The summed E-state index contributed by atoms with van der Waals surface area (Å²) in [6.07, 6.45) is 3.01. The van der Waals surface area contributed by atoms with Gasteiger partial charge in [-0.05, 0) is 57.1 Å². The van der Waals surface area contributed by atoms with E-state index in [0.29, 0.717) is 0 Å². The van der Waals surface area contributed by atoms with E-state index in [1.807, 2.05) is 25.7 Å².